The number of para-hydroxylation sites is 2. The maximum absolute atomic E-state index is 12.7. The lowest BCUT2D eigenvalue weighted by molar-refractivity contribution is -0.118. The fraction of sp³-hybridized carbons (Fsp3) is 0.316. The average Bonchev–Trinajstić information content (AvgIpc) is 2.78. The molecule has 1 amide bonds. The molecule has 2 N–H and O–H groups in total. The summed E-state index contributed by atoms with van der Waals surface area (Å²) in [4.78, 5) is 14.5. The van der Waals surface area contributed by atoms with E-state index in [1.165, 1.54) is 0 Å². The van der Waals surface area contributed by atoms with Gasteiger partial charge in [-0.15, -0.1) is 0 Å². The zero-order chi connectivity index (χ0) is 16.1. The van der Waals surface area contributed by atoms with Crippen molar-refractivity contribution in [2.24, 2.45) is 5.73 Å². The lowest BCUT2D eigenvalue weighted by Gasteiger charge is -2.23. The van der Waals surface area contributed by atoms with Gasteiger partial charge in [0.25, 0.3) is 0 Å². The minimum absolute atomic E-state index is 0.0615. The quantitative estimate of drug-likeness (QED) is 0.944. The van der Waals surface area contributed by atoms with E-state index in [1.807, 2.05) is 59.5 Å². The maximum Gasteiger partial charge on any atom is 0.228 e. The van der Waals surface area contributed by atoms with Crippen molar-refractivity contribution in [3.8, 4) is 5.75 Å². The number of nitrogens with zero attached hydrogens (tertiary/aromatic N) is 1. The molecule has 1 aliphatic rings. The fourth-order valence-corrected chi connectivity index (χ4v) is 2.91. The number of anilines is 1. The summed E-state index contributed by atoms with van der Waals surface area (Å²) in [5, 5.41) is 0. The van der Waals surface area contributed by atoms with Gasteiger partial charge in [-0.3, -0.25) is 4.79 Å². The minimum atomic E-state index is -0.179. The molecule has 4 heteroatoms. The van der Waals surface area contributed by atoms with Crippen LogP contribution in [0.25, 0.3) is 0 Å². The van der Waals surface area contributed by atoms with Gasteiger partial charge in [-0.05, 0) is 30.5 Å². The Morgan fingerprint density at radius 1 is 1.13 bits per heavy atom. The molecule has 23 heavy (non-hydrogen) atoms. The number of benzene rings is 2. The molecule has 0 spiro atoms. The molecular weight excluding hydrogens is 288 g/mol. The Hall–Kier alpha value is -2.33. The molecule has 0 aliphatic carbocycles. The van der Waals surface area contributed by atoms with Crippen LogP contribution in [0.1, 0.15) is 18.4 Å². The second-order valence-corrected chi connectivity index (χ2v) is 5.87. The molecule has 0 aromatic heterocycles. The van der Waals surface area contributed by atoms with Crippen molar-refractivity contribution in [3.05, 3.63) is 60.2 Å². The number of carbonyl (C=O) groups is 1. The summed E-state index contributed by atoms with van der Waals surface area (Å²) in [6.45, 7) is 1.31. The molecular formula is C19H22N2O2. The third-order valence-electron chi connectivity index (χ3n) is 4.02. The molecule has 3 rings (SSSR count). The number of nitrogens with two attached hydrogens (primary N) is 1. The number of hydrogen-bond acceptors (Lipinski definition) is 3. The molecule has 0 radical (unpaired) electrons. The molecule has 0 saturated carbocycles. The molecule has 1 aliphatic heterocycles. The highest BCUT2D eigenvalue weighted by molar-refractivity contribution is 5.95. The highest BCUT2D eigenvalue weighted by Gasteiger charge is 2.23. The Balaban J connectivity index is 1.68. The van der Waals surface area contributed by atoms with Crippen molar-refractivity contribution in [3.63, 3.8) is 0 Å². The monoisotopic (exact) mass is 310 g/mol. The lowest BCUT2D eigenvalue weighted by Crippen LogP contribution is -2.37. The number of amides is 1. The van der Waals surface area contributed by atoms with E-state index >= 15 is 0 Å². The Morgan fingerprint density at radius 3 is 2.70 bits per heavy atom. The molecule has 0 bridgehead atoms. The van der Waals surface area contributed by atoms with Crippen LogP contribution in [0.5, 0.6) is 5.75 Å². The summed E-state index contributed by atoms with van der Waals surface area (Å²) < 4.78 is 5.70. The molecule has 1 heterocycles. The first-order valence-electron chi connectivity index (χ1n) is 8.06. The van der Waals surface area contributed by atoms with Crippen molar-refractivity contribution in [1.82, 2.24) is 0 Å². The van der Waals surface area contributed by atoms with E-state index in [0.717, 1.165) is 23.4 Å². The van der Waals surface area contributed by atoms with Gasteiger partial charge >= 0.3 is 0 Å². The van der Waals surface area contributed by atoms with E-state index in [-0.39, 0.29) is 11.9 Å². The lowest BCUT2D eigenvalue weighted by atomic mass is 10.0. The summed E-state index contributed by atoms with van der Waals surface area (Å²) in [6.07, 6.45) is 1.87. The van der Waals surface area contributed by atoms with Gasteiger partial charge in [0.15, 0.2) is 0 Å². The first-order chi connectivity index (χ1) is 11.2. The molecule has 2 aromatic rings. The molecule has 0 saturated heterocycles. The number of fused-ring (bicyclic) bond motifs is 1. The predicted octanol–water partition coefficient (Wildman–Crippen LogP) is 2.76. The predicted molar refractivity (Wildman–Crippen MR) is 91.6 cm³/mol. The second kappa shape index (κ2) is 7.29. The van der Waals surface area contributed by atoms with Crippen LogP contribution >= 0.6 is 0 Å². The summed E-state index contributed by atoms with van der Waals surface area (Å²) in [6, 6.07) is 17.6. The summed E-state index contributed by atoms with van der Waals surface area (Å²) in [7, 11) is 0. The van der Waals surface area contributed by atoms with E-state index in [4.69, 9.17) is 10.5 Å². The third-order valence-corrected chi connectivity index (χ3v) is 4.02. The van der Waals surface area contributed by atoms with Crippen molar-refractivity contribution in [2.45, 2.75) is 25.3 Å². The largest absolute Gasteiger partial charge is 0.491 e. The van der Waals surface area contributed by atoms with Gasteiger partial charge < -0.3 is 15.4 Å². The smallest absolute Gasteiger partial charge is 0.228 e. The van der Waals surface area contributed by atoms with E-state index in [0.29, 0.717) is 26.0 Å². The van der Waals surface area contributed by atoms with Crippen LogP contribution in [0.3, 0.4) is 0 Å². The third kappa shape index (κ3) is 3.90. The molecule has 0 unspecified atom stereocenters. The molecule has 4 nitrogen and oxygen atoms in total. The number of hydrogen-bond donors (Lipinski definition) is 1. The van der Waals surface area contributed by atoms with Crippen LogP contribution in [0.2, 0.25) is 0 Å². The van der Waals surface area contributed by atoms with Crippen molar-refractivity contribution in [1.29, 1.82) is 0 Å². The Labute approximate surface area is 136 Å². The Kier molecular flexibility index (Phi) is 4.93. The highest BCUT2D eigenvalue weighted by atomic mass is 16.5. The van der Waals surface area contributed by atoms with Crippen LogP contribution in [-0.4, -0.2) is 25.1 Å². The topological polar surface area (TPSA) is 55.6 Å². The van der Waals surface area contributed by atoms with Crippen LogP contribution in [0.4, 0.5) is 5.69 Å². The summed E-state index contributed by atoms with van der Waals surface area (Å²) in [5.74, 6) is 0.835. The van der Waals surface area contributed by atoms with Gasteiger partial charge in [-0.2, -0.15) is 0 Å². The van der Waals surface area contributed by atoms with E-state index < -0.39 is 0 Å². The fourth-order valence-electron chi connectivity index (χ4n) is 2.91. The summed E-state index contributed by atoms with van der Waals surface area (Å²) in [5.41, 5.74) is 8.20. The highest BCUT2D eigenvalue weighted by Crippen LogP contribution is 2.31. The molecule has 0 fully saturated rings. The van der Waals surface area contributed by atoms with Gasteiger partial charge in [0.2, 0.25) is 5.91 Å². The zero-order valence-corrected chi connectivity index (χ0v) is 13.2. The zero-order valence-electron chi connectivity index (χ0n) is 13.2. The number of rotatable bonds is 4. The van der Waals surface area contributed by atoms with Crippen LogP contribution in [0.15, 0.2) is 54.6 Å². The maximum atomic E-state index is 12.7. The molecule has 2 aromatic carbocycles. The van der Waals surface area contributed by atoms with Crippen LogP contribution in [0, 0.1) is 0 Å². The average molecular weight is 310 g/mol. The van der Waals surface area contributed by atoms with Gasteiger partial charge in [0.05, 0.1) is 12.3 Å². The van der Waals surface area contributed by atoms with Gasteiger partial charge in [-0.25, -0.2) is 0 Å². The SMILES string of the molecule is N[C@@H](CC(=O)N1CCCOc2ccccc21)Cc1ccccc1. The normalized spacial score (nSPS) is 15.3. The Bertz CT molecular complexity index is 657. The van der Waals surface area contributed by atoms with E-state index in [2.05, 4.69) is 0 Å². The number of ether oxygens (including phenoxy) is 1. The summed E-state index contributed by atoms with van der Waals surface area (Å²) >= 11 is 0. The Morgan fingerprint density at radius 2 is 1.87 bits per heavy atom. The van der Waals surface area contributed by atoms with E-state index in [1.54, 1.807) is 0 Å². The van der Waals surface area contributed by atoms with Crippen molar-refractivity contribution < 1.29 is 9.53 Å². The van der Waals surface area contributed by atoms with Gasteiger partial charge in [0, 0.05) is 19.0 Å². The van der Waals surface area contributed by atoms with Gasteiger partial charge in [0.1, 0.15) is 5.75 Å². The van der Waals surface area contributed by atoms with Crippen LogP contribution in [-0.2, 0) is 11.2 Å². The first-order valence-corrected chi connectivity index (χ1v) is 8.06. The molecule has 1 atom stereocenters. The first kappa shape index (κ1) is 15.6. The minimum Gasteiger partial charge on any atom is -0.491 e. The van der Waals surface area contributed by atoms with Crippen molar-refractivity contribution in [2.75, 3.05) is 18.1 Å². The standard InChI is InChI=1S/C19H22N2O2/c20-16(13-15-7-2-1-3-8-15)14-19(22)21-11-6-12-23-18-10-5-4-9-17(18)21/h1-5,7-10,16H,6,11-14,20H2/t16-/m1/s1. The van der Waals surface area contributed by atoms with Crippen LogP contribution < -0.4 is 15.4 Å². The number of carbonyl (C=O) groups excluding carboxylic acids is 1. The van der Waals surface area contributed by atoms with Crippen molar-refractivity contribution >= 4 is 11.6 Å². The molecule has 120 valence electrons. The second-order valence-electron chi connectivity index (χ2n) is 5.87. The van der Waals surface area contributed by atoms with E-state index in [9.17, 15) is 4.79 Å². The van der Waals surface area contributed by atoms with Gasteiger partial charge in [-0.1, -0.05) is 42.5 Å².